The number of aromatic hydroxyl groups is 1. The fraction of sp³-hybridized carbons (Fsp3) is 0.0625. The number of thioether (sulfide) groups is 1. The standard InChI is InChI=1S/C16H12N2OS/c17-9-15-12(10-18-8-2-1-3-16(15)18)11-20-14-6-4-13(19)5-7-14/h1-8,10,19H,11H2. The van der Waals surface area contributed by atoms with Crippen molar-refractivity contribution in [3.63, 3.8) is 0 Å². The maximum atomic E-state index is 9.33. The second kappa shape index (κ2) is 5.32. The van der Waals surface area contributed by atoms with E-state index in [0.29, 0.717) is 0 Å². The van der Waals surface area contributed by atoms with E-state index in [-0.39, 0.29) is 5.75 Å². The molecule has 98 valence electrons. The molecule has 20 heavy (non-hydrogen) atoms. The first-order valence-electron chi connectivity index (χ1n) is 6.18. The largest absolute Gasteiger partial charge is 0.508 e. The van der Waals surface area contributed by atoms with E-state index < -0.39 is 0 Å². The van der Waals surface area contributed by atoms with Crippen LogP contribution in [0.4, 0.5) is 0 Å². The minimum atomic E-state index is 0.265. The average Bonchev–Trinajstić information content (AvgIpc) is 2.84. The number of hydrogen-bond acceptors (Lipinski definition) is 3. The summed E-state index contributed by atoms with van der Waals surface area (Å²) < 4.78 is 1.98. The highest BCUT2D eigenvalue weighted by Gasteiger charge is 2.10. The van der Waals surface area contributed by atoms with E-state index in [9.17, 15) is 10.4 Å². The van der Waals surface area contributed by atoms with Crippen molar-refractivity contribution in [2.75, 3.05) is 0 Å². The van der Waals surface area contributed by atoms with Gasteiger partial charge in [-0.15, -0.1) is 11.8 Å². The Morgan fingerprint density at radius 1 is 1.15 bits per heavy atom. The van der Waals surface area contributed by atoms with Crippen LogP contribution < -0.4 is 0 Å². The summed E-state index contributed by atoms with van der Waals surface area (Å²) in [5.41, 5.74) is 2.70. The van der Waals surface area contributed by atoms with Crippen molar-refractivity contribution >= 4 is 17.3 Å². The van der Waals surface area contributed by atoms with Crippen LogP contribution in [0.2, 0.25) is 0 Å². The summed E-state index contributed by atoms with van der Waals surface area (Å²) in [4.78, 5) is 1.07. The molecule has 4 heteroatoms. The van der Waals surface area contributed by atoms with Gasteiger partial charge in [0.05, 0.1) is 11.1 Å². The van der Waals surface area contributed by atoms with Crippen LogP contribution in [0.1, 0.15) is 11.1 Å². The first kappa shape index (κ1) is 12.6. The van der Waals surface area contributed by atoms with Gasteiger partial charge in [-0.1, -0.05) is 6.07 Å². The summed E-state index contributed by atoms with van der Waals surface area (Å²) in [5.74, 6) is 0.997. The highest BCUT2D eigenvalue weighted by molar-refractivity contribution is 7.98. The Bertz CT molecular complexity index is 784. The summed E-state index contributed by atoms with van der Waals surface area (Å²) in [6, 6.07) is 15.2. The minimum Gasteiger partial charge on any atom is -0.508 e. The van der Waals surface area contributed by atoms with E-state index in [0.717, 1.165) is 27.3 Å². The lowest BCUT2D eigenvalue weighted by atomic mass is 10.2. The molecule has 2 aromatic heterocycles. The van der Waals surface area contributed by atoms with Crippen LogP contribution in [-0.2, 0) is 5.75 Å². The molecule has 3 aromatic rings. The molecular weight excluding hydrogens is 268 g/mol. The molecule has 1 N–H and O–H groups in total. The number of rotatable bonds is 3. The lowest BCUT2D eigenvalue weighted by Gasteiger charge is -2.00. The van der Waals surface area contributed by atoms with Crippen molar-refractivity contribution < 1.29 is 5.11 Å². The third-order valence-electron chi connectivity index (χ3n) is 3.11. The Hall–Kier alpha value is -2.38. The fourth-order valence-electron chi connectivity index (χ4n) is 2.12. The number of nitriles is 1. The van der Waals surface area contributed by atoms with Crippen LogP contribution in [0.5, 0.6) is 5.75 Å². The number of fused-ring (bicyclic) bond motifs is 1. The molecule has 0 atom stereocenters. The topological polar surface area (TPSA) is 48.4 Å². The SMILES string of the molecule is N#Cc1c(CSc2ccc(O)cc2)cn2ccccc12. The van der Waals surface area contributed by atoms with Crippen molar-refractivity contribution in [2.24, 2.45) is 0 Å². The van der Waals surface area contributed by atoms with Gasteiger partial charge in [0.25, 0.3) is 0 Å². The normalized spacial score (nSPS) is 10.6. The highest BCUT2D eigenvalue weighted by atomic mass is 32.2. The quantitative estimate of drug-likeness (QED) is 0.742. The molecule has 0 saturated carbocycles. The van der Waals surface area contributed by atoms with Gasteiger partial charge in [-0.3, -0.25) is 0 Å². The smallest absolute Gasteiger partial charge is 0.115 e. The Morgan fingerprint density at radius 2 is 1.95 bits per heavy atom. The number of phenols is 1. The van der Waals surface area contributed by atoms with Crippen molar-refractivity contribution in [3.05, 3.63) is 66.0 Å². The zero-order valence-corrected chi connectivity index (χ0v) is 11.5. The molecule has 0 aliphatic heterocycles. The van der Waals surface area contributed by atoms with Gasteiger partial charge in [-0.2, -0.15) is 5.26 Å². The molecule has 0 aliphatic carbocycles. The van der Waals surface area contributed by atoms with Gasteiger partial charge in [0, 0.05) is 23.0 Å². The number of pyridine rings is 1. The third kappa shape index (κ3) is 2.36. The highest BCUT2D eigenvalue weighted by Crippen LogP contribution is 2.28. The van der Waals surface area contributed by atoms with Gasteiger partial charge < -0.3 is 9.51 Å². The Labute approximate surface area is 121 Å². The molecule has 0 aliphatic rings. The fourth-order valence-corrected chi connectivity index (χ4v) is 2.99. The van der Waals surface area contributed by atoms with Gasteiger partial charge >= 0.3 is 0 Å². The molecule has 0 amide bonds. The van der Waals surface area contributed by atoms with Crippen LogP contribution in [0.3, 0.4) is 0 Å². The van der Waals surface area contributed by atoms with Crippen LogP contribution >= 0.6 is 11.8 Å². The van der Waals surface area contributed by atoms with Crippen molar-refractivity contribution in [1.29, 1.82) is 5.26 Å². The number of hydrogen-bond donors (Lipinski definition) is 1. The average molecular weight is 280 g/mol. The summed E-state index contributed by atoms with van der Waals surface area (Å²) in [7, 11) is 0. The molecule has 0 unspecified atom stereocenters. The predicted molar refractivity (Wildman–Crippen MR) is 79.8 cm³/mol. The minimum absolute atomic E-state index is 0.265. The molecule has 0 spiro atoms. The maximum absolute atomic E-state index is 9.33. The molecule has 3 rings (SSSR count). The molecule has 0 saturated heterocycles. The summed E-state index contributed by atoms with van der Waals surface area (Å²) >= 11 is 1.65. The molecule has 2 heterocycles. The maximum Gasteiger partial charge on any atom is 0.115 e. The number of benzene rings is 1. The molecule has 0 bridgehead atoms. The molecule has 1 aromatic carbocycles. The van der Waals surface area contributed by atoms with Crippen molar-refractivity contribution in [3.8, 4) is 11.8 Å². The second-order valence-electron chi connectivity index (χ2n) is 4.42. The summed E-state index contributed by atoms with van der Waals surface area (Å²) in [6.07, 6.45) is 3.95. The van der Waals surface area contributed by atoms with Crippen LogP contribution in [0.25, 0.3) is 5.52 Å². The van der Waals surface area contributed by atoms with E-state index >= 15 is 0 Å². The van der Waals surface area contributed by atoms with E-state index in [4.69, 9.17) is 0 Å². The number of phenolic OH excluding ortho intramolecular Hbond substituents is 1. The summed E-state index contributed by atoms with van der Waals surface area (Å²) in [6.45, 7) is 0. The number of nitrogens with zero attached hydrogens (tertiary/aromatic N) is 2. The lowest BCUT2D eigenvalue weighted by Crippen LogP contribution is -1.81. The van der Waals surface area contributed by atoms with Gasteiger partial charge in [0.2, 0.25) is 0 Å². The van der Waals surface area contributed by atoms with Crippen LogP contribution in [-0.4, -0.2) is 9.51 Å². The van der Waals surface area contributed by atoms with E-state index in [2.05, 4.69) is 6.07 Å². The molecular formula is C16H12N2OS. The predicted octanol–water partition coefficient (Wildman–Crippen LogP) is 3.81. The van der Waals surface area contributed by atoms with Crippen molar-refractivity contribution in [2.45, 2.75) is 10.6 Å². The van der Waals surface area contributed by atoms with Gasteiger partial charge in [-0.25, -0.2) is 0 Å². The summed E-state index contributed by atoms with van der Waals surface area (Å²) in [5, 5.41) is 18.6. The van der Waals surface area contributed by atoms with Crippen LogP contribution in [0.15, 0.2) is 59.8 Å². The Balaban J connectivity index is 1.87. The Kier molecular flexibility index (Phi) is 3.36. The molecule has 3 nitrogen and oxygen atoms in total. The zero-order valence-electron chi connectivity index (χ0n) is 10.7. The molecule has 0 fully saturated rings. The van der Waals surface area contributed by atoms with Crippen LogP contribution in [0, 0.1) is 11.3 Å². The lowest BCUT2D eigenvalue weighted by molar-refractivity contribution is 0.475. The Morgan fingerprint density at radius 3 is 2.70 bits per heavy atom. The first-order chi connectivity index (χ1) is 9.78. The monoisotopic (exact) mass is 280 g/mol. The molecule has 0 radical (unpaired) electrons. The zero-order chi connectivity index (χ0) is 13.9. The second-order valence-corrected chi connectivity index (χ2v) is 5.47. The first-order valence-corrected chi connectivity index (χ1v) is 7.17. The van der Waals surface area contributed by atoms with Gasteiger partial charge in [0.1, 0.15) is 11.8 Å². The van der Waals surface area contributed by atoms with E-state index in [1.165, 1.54) is 0 Å². The van der Waals surface area contributed by atoms with Gasteiger partial charge in [0.15, 0.2) is 0 Å². The van der Waals surface area contributed by atoms with Crippen molar-refractivity contribution in [1.82, 2.24) is 4.40 Å². The third-order valence-corrected chi connectivity index (χ3v) is 4.17. The number of aromatic nitrogens is 1. The van der Waals surface area contributed by atoms with E-state index in [1.54, 1.807) is 23.9 Å². The van der Waals surface area contributed by atoms with Gasteiger partial charge in [-0.05, 0) is 42.0 Å². The van der Waals surface area contributed by atoms with E-state index in [1.807, 2.05) is 47.1 Å².